The van der Waals surface area contributed by atoms with E-state index in [2.05, 4.69) is 5.32 Å². The molecule has 0 fully saturated rings. The van der Waals surface area contributed by atoms with Crippen LogP contribution in [0.2, 0.25) is 0 Å². The number of ether oxygens (including phenoxy) is 2. The van der Waals surface area contributed by atoms with Crippen molar-refractivity contribution in [2.45, 2.75) is 19.4 Å². The van der Waals surface area contributed by atoms with Gasteiger partial charge in [-0.3, -0.25) is 24.1 Å². The van der Waals surface area contributed by atoms with E-state index in [9.17, 15) is 19.2 Å². The number of carbonyl (C=O) groups is 4. The maximum absolute atomic E-state index is 12.5. The minimum Gasteiger partial charge on any atom is -0.495 e. The van der Waals surface area contributed by atoms with Gasteiger partial charge in [0.1, 0.15) is 12.3 Å². The predicted octanol–water partition coefficient (Wildman–Crippen LogP) is 1.79. The van der Waals surface area contributed by atoms with Crippen molar-refractivity contribution in [2.75, 3.05) is 19.0 Å². The van der Waals surface area contributed by atoms with E-state index in [0.717, 1.165) is 4.90 Å². The highest BCUT2D eigenvalue weighted by Crippen LogP contribution is 2.23. The molecule has 3 amide bonds. The Hall–Kier alpha value is -3.68. The van der Waals surface area contributed by atoms with Crippen LogP contribution in [0, 0.1) is 0 Å². The number of amides is 3. The smallest absolute Gasteiger partial charge is 0.326 e. The van der Waals surface area contributed by atoms with Crippen LogP contribution in [-0.4, -0.2) is 48.3 Å². The molecule has 29 heavy (non-hydrogen) atoms. The number of nitrogens with zero attached hydrogens (tertiary/aromatic N) is 1. The summed E-state index contributed by atoms with van der Waals surface area (Å²) in [7, 11) is 1.47. The van der Waals surface area contributed by atoms with Crippen LogP contribution in [0.4, 0.5) is 5.69 Å². The van der Waals surface area contributed by atoms with Crippen molar-refractivity contribution in [1.29, 1.82) is 0 Å². The monoisotopic (exact) mass is 396 g/mol. The van der Waals surface area contributed by atoms with E-state index < -0.39 is 36.3 Å². The summed E-state index contributed by atoms with van der Waals surface area (Å²) in [5, 5.41) is 2.61. The fourth-order valence-corrected chi connectivity index (χ4v) is 2.96. The predicted molar refractivity (Wildman–Crippen MR) is 103 cm³/mol. The Labute approximate surface area is 167 Å². The lowest BCUT2D eigenvalue weighted by Crippen LogP contribution is -2.46. The van der Waals surface area contributed by atoms with Gasteiger partial charge in [0.2, 0.25) is 5.91 Å². The van der Waals surface area contributed by atoms with Gasteiger partial charge >= 0.3 is 5.97 Å². The number of fused-ring (bicyclic) bond motifs is 1. The lowest BCUT2D eigenvalue weighted by atomic mass is 9.98. The molecule has 0 radical (unpaired) electrons. The van der Waals surface area contributed by atoms with Crippen LogP contribution < -0.4 is 10.1 Å². The molecule has 1 N–H and O–H groups in total. The van der Waals surface area contributed by atoms with Crippen molar-refractivity contribution in [3.8, 4) is 5.75 Å². The average Bonchev–Trinajstić information content (AvgIpc) is 2.71. The average molecular weight is 396 g/mol. The van der Waals surface area contributed by atoms with Gasteiger partial charge in [0, 0.05) is 5.56 Å². The van der Waals surface area contributed by atoms with Gasteiger partial charge in [0.25, 0.3) is 11.8 Å². The van der Waals surface area contributed by atoms with Gasteiger partial charge in [-0.2, -0.15) is 0 Å². The Morgan fingerprint density at radius 1 is 1.10 bits per heavy atom. The highest BCUT2D eigenvalue weighted by atomic mass is 16.5. The zero-order chi connectivity index (χ0) is 21.0. The lowest BCUT2D eigenvalue weighted by Gasteiger charge is -2.26. The summed E-state index contributed by atoms with van der Waals surface area (Å²) >= 11 is 0. The van der Waals surface area contributed by atoms with Crippen LogP contribution in [-0.2, 0) is 25.5 Å². The molecule has 8 nitrogen and oxygen atoms in total. The quantitative estimate of drug-likeness (QED) is 0.590. The first kappa shape index (κ1) is 20.1. The second kappa shape index (κ2) is 8.55. The number of methoxy groups -OCH3 is 1. The standard InChI is InChI=1S/C21H20N2O6/c1-13(20(26)22-16-9-5-6-10-17(16)28-2)29-19(25)12-23-18(24)11-14-7-3-4-8-15(14)21(23)27/h3-10,13H,11-12H2,1-2H3,(H,22,26)/t13-/m1/s1. The summed E-state index contributed by atoms with van der Waals surface area (Å²) in [5.74, 6) is -2.00. The van der Waals surface area contributed by atoms with E-state index in [1.807, 2.05) is 0 Å². The van der Waals surface area contributed by atoms with E-state index in [4.69, 9.17) is 9.47 Å². The number of imide groups is 1. The molecule has 8 heteroatoms. The van der Waals surface area contributed by atoms with Gasteiger partial charge in [0.15, 0.2) is 6.10 Å². The number of carbonyl (C=O) groups excluding carboxylic acids is 4. The first-order valence-corrected chi connectivity index (χ1v) is 8.96. The topological polar surface area (TPSA) is 102 Å². The molecular formula is C21H20N2O6. The van der Waals surface area contributed by atoms with E-state index in [1.165, 1.54) is 14.0 Å². The number of nitrogens with one attached hydrogen (secondary N) is 1. The third kappa shape index (κ3) is 4.43. The van der Waals surface area contributed by atoms with Crippen LogP contribution in [0.15, 0.2) is 48.5 Å². The number of esters is 1. The van der Waals surface area contributed by atoms with E-state index >= 15 is 0 Å². The summed E-state index contributed by atoms with van der Waals surface area (Å²) < 4.78 is 10.3. The normalized spacial score (nSPS) is 14.1. The highest BCUT2D eigenvalue weighted by Gasteiger charge is 2.33. The second-order valence-corrected chi connectivity index (χ2v) is 6.44. The van der Waals surface area contributed by atoms with Crippen molar-refractivity contribution in [3.63, 3.8) is 0 Å². The van der Waals surface area contributed by atoms with Gasteiger partial charge in [-0.15, -0.1) is 0 Å². The molecular weight excluding hydrogens is 376 g/mol. The number of rotatable bonds is 6. The third-order valence-corrected chi connectivity index (χ3v) is 4.47. The van der Waals surface area contributed by atoms with Crippen molar-refractivity contribution in [1.82, 2.24) is 4.90 Å². The number of benzene rings is 2. The molecule has 2 aromatic carbocycles. The molecule has 0 aliphatic carbocycles. The number of hydrogen-bond acceptors (Lipinski definition) is 6. The number of para-hydroxylation sites is 2. The molecule has 0 spiro atoms. The minimum absolute atomic E-state index is 0.0268. The molecule has 150 valence electrons. The zero-order valence-electron chi connectivity index (χ0n) is 16.0. The SMILES string of the molecule is COc1ccccc1NC(=O)[C@@H](C)OC(=O)CN1C(=O)Cc2ccccc2C1=O. The van der Waals surface area contributed by atoms with Gasteiger partial charge in [0.05, 0.1) is 19.2 Å². The molecule has 0 aromatic heterocycles. The van der Waals surface area contributed by atoms with Crippen LogP contribution in [0.25, 0.3) is 0 Å². The molecule has 0 bridgehead atoms. The number of hydrogen-bond donors (Lipinski definition) is 1. The maximum atomic E-state index is 12.5. The Bertz CT molecular complexity index is 971. The molecule has 2 aromatic rings. The van der Waals surface area contributed by atoms with Crippen molar-refractivity contribution < 1.29 is 28.7 Å². The summed E-state index contributed by atoms with van der Waals surface area (Å²) in [6.07, 6.45) is -1.10. The second-order valence-electron chi connectivity index (χ2n) is 6.44. The fourth-order valence-electron chi connectivity index (χ4n) is 2.96. The van der Waals surface area contributed by atoms with Crippen LogP contribution in [0.3, 0.4) is 0 Å². The lowest BCUT2D eigenvalue weighted by molar-refractivity contribution is -0.155. The Balaban J connectivity index is 1.61. The molecule has 3 rings (SSSR count). The van der Waals surface area contributed by atoms with Crippen LogP contribution in [0.1, 0.15) is 22.8 Å². The van der Waals surface area contributed by atoms with Gasteiger partial charge in [-0.25, -0.2) is 0 Å². The summed E-state index contributed by atoms with van der Waals surface area (Å²) in [5.41, 5.74) is 1.43. The molecule has 0 saturated heterocycles. The van der Waals surface area contributed by atoms with Crippen molar-refractivity contribution in [3.05, 3.63) is 59.7 Å². The van der Waals surface area contributed by atoms with E-state index in [-0.39, 0.29) is 6.42 Å². The molecule has 1 heterocycles. The van der Waals surface area contributed by atoms with Crippen LogP contribution in [0.5, 0.6) is 5.75 Å². The largest absolute Gasteiger partial charge is 0.495 e. The third-order valence-electron chi connectivity index (χ3n) is 4.47. The molecule has 0 unspecified atom stereocenters. The maximum Gasteiger partial charge on any atom is 0.326 e. The van der Waals surface area contributed by atoms with E-state index in [1.54, 1.807) is 48.5 Å². The zero-order valence-corrected chi connectivity index (χ0v) is 16.0. The molecule has 1 atom stereocenters. The van der Waals surface area contributed by atoms with Gasteiger partial charge in [-0.1, -0.05) is 30.3 Å². The minimum atomic E-state index is -1.13. The summed E-state index contributed by atoms with van der Waals surface area (Å²) in [6, 6.07) is 13.5. The summed E-state index contributed by atoms with van der Waals surface area (Å²) in [6.45, 7) is 0.843. The molecule has 1 aliphatic rings. The Morgan fingerprint density at radius 2 is 1.79 bits per heavy atom. The van der Waals surface area contributed by atoms with Crippen molar-refractivity contribution >= 4 is 29.4 Å². The fraction of sp³-hybridized carbons (Fsp3) is 0.238. The number of anilines is 1. The Morgan fingerprint density at radius 3 is 2.55 bits per heavy atom. The Kier molecular flexibility index (Phi) is 5.92. The van der Waals surface area contributed by atoms with Gasteiger partial charge in [-0.05, 0) is 30.7 Å². The molecule has 1 aliphatic heterocycles. The summed E-state index contributed by atoms with van der Waals surface area (Å²) in [4.78, 5) is 50.1. The van der Waals surface area contributed by atoms with Crippen LogP contribution >= 0.6 is 0 Å². The van der Waals surface area contributed by atoms with Crippen molar-refractivity contribution in [2.24, 2.45) is 0 Å². The first-order chi connectivity index (χ1) is 13.9. The highest BCUT2D eigenvalue weighted by molar-refractivity contribution is 6.11. The molecule has 0 saturated carbocycles. The first-order valence-electron chi connectivity index (χ1n) is 8.96. The van der Waals surface area contributed by atoms with Gasteiger partial charge < -0.3 is 14.8 Å². The van der Waals surface area contributed by atoms with E-state index in [0.29, 0.717) is 22.6 Å².